The lowest BCUT2D eigenvalue weighted by atomic mass is 10.1. The van der Waals surface area contributed by atoms with Crippen LogP contribution in [-0.2, 0) is 17.9 Å². The number of fused-ring (bicyclic) bond motifs is 1. The van der Waals surface area contributed by atoms with Gasteiger partial charge in [0.25, 0.3) is 11.1 Å². The van der Waals surface area contributed by atoms with Crippen LogP contribution < -0.4 is 0 Å². The summed E-state index contributed by atoms with van der Waals surface area (Å²) in [4.78, 5) is 27.4. The average molecular weight is 491 g/mol. The van der Waals surface area contributed by atoms with Crippen LogP contribution in [0.25, 0.3) is 17.0 Å². The Morgan fingerprint density at radius 2 is 1.82 bits per heavy atom. The molecule has 2 amide bonds. The van der Waals surface area contributed by atoms with Crippen molar-refractivity contribution in [3.8, 4) is 0 Å². The second-order valence-electron chi connectivity index (χ2n) is 8.22. The number of aryl methyl sites for hydroxylation is 1. The molecule has 4 nitrogen and oxygen atoms in total. The summed E-state index contributed by atoms with van der Waals surface area (Å²) in [7, 11) is 0. The fourth-order valence-corrected chi connectivity index (χ4v) is 5.18. The number of hydrogen-bond acceptors (Lipinski definition) is 3. The lowest BCUT2D eigenvalue weighted by molar-refractivity contribution is -0.123. The predicted molar refractivity (Wildman–Crippen MR) is 135 cm³/mol. The second kappa shape index (κ2) is 9.12. The summed E-state index contributed by atoms with van der Waals surface area (Å²) in [5.74, 6) is -0.678. The number of carbonyl (C=O) groups excluding carboxylic acids is 2. The van der Waals surface area contributed by atoms with Crippen LogP contribution in [-0.4, -0.2) is 20.6 Å². The largest absolute Gasteiger partial charge is 0.342 e. The molecule has 0 saturated carbocycles. The van der Waals surface area contributed by atoms with E-state index < -0.39 is 0 Å². The Hall–Kier alpha value is -3.35. The van der Waals surface area contributed by atoms with Gasteiger partial charge in [0.2, 0.25) is 0 Å². The maximum Gasteiger partial charge on any atom is 0.293 e. The smallest absolute Gasteiger partial charge is 0.293 e. The van der Waals surface area contributed by atoms with E-state index in [1.807, 2.05) is 66.2 Å². The van der Waals surface area contributed by atoms with E-state index >= 15 is 0 Å². The van der Waals surface area contributed by atoms with Crippen molar-refractivity contribution >= 4 is 51.5 Å². The number of imide groups is 1. The number of hydrogen-bond donors (Lipinski definition) is 0. The van der Waals surface area contributed by atoms with Crippen LogP contribution in [0.2, 0.25) is 5.02 Å². The molecule has 2 heterocycles. The molecule has 0 N–H and O–H groups in total. The molecule has 7 heteroatoms. The number of halogens is 2. The van der Waals surface area contributed by atoms with Crippen molar-refractivity contribution in [1.82, 2.24) is 9.47 Å². The second-order valence-corrected chi connectivity index (χ2v) is 9.62. The predicted octanol–water partition coefficient (Wildman–Crippen LogP) is 7.03. The molecule has 1 saturated heterocycles. The minimum Gasteiger partial charge on any atom is -0.342 e. The van der Waals surface area contributed by atoms with Crippen LogP contribution in [0.5, 0.6) is 0 Å². The zero-order chi connectivity index (χ0) is 23.8. The number of carbonyl (C=O) groups is 2. The first-order valence-corrected chi connectivity index (χ1v) is 11.9. The van der Waals surface area contributed by atoms with Crippen molar-refractivity contribution < 1.29 is 14.0 Å². The van der Waals surface area contributed by atoms with Gasteiger partial charge in [-0.2, -0.15) is 0 Å². The fourth-order valence-electron chi connectivity index (χ4n) is 4.13. The number of rotatable bonds is 5. The summed E-state index contributed by atoms with van der Waals surface area (Å²) < 4.78 is 15.5. The Morgan fingerprint density at radius 3 is 2.62 bits per heavy atom. The van der Waals surface area contributed by atoms with Gasteiger partial charge in [-0.1, -0.05) is 65.7 Å². The van der Waals surface area contributed by atoms with E-state index in [-0.39, 0.29) is 23.5 Å². The van der Waals surface area contributed by atoms with Crippen molar-refractivity contribution in [2.45, 2.75) is 20.0 Å². The third-order valence-electron chi connectivity index (χ3n) is 5.76. The molecule has 1 aliphatic rings. The van der Waals surface area contributed by atoms with Crippen molar-refractivity contribution in [2.75, 3.05) is 0 Å². The Kier molecular flexibility index (Phi) is 6.02. The molecule has 170 valence electrons. The fraction of sp³-hybridized carbons (Fsp3) is 0.111. The summed E-state index contributed by atoms with van der Waals surface area (Å²) >= 11 is 7.20. The highest BCUT2D eigenvalue weighted by Gasteiger charge is 2.35. The Morgan fingerprint density at radius 1 is 1.00 bits per heavy atom. The molecular weight excluding hydrogens is 471 g/mol. The van der Waals surface area contributed by atoms with E-state index in [4.69, 9.17) is 11.6 Å². The van der Waals surface area contributed by atoms with Crippen LogP contribution in [0.3, 0.4) is 0 Å². The van der Waals surface area contributed by atoms with Gasteiger partial charge in [0, 0.05) is 34.2 Å². The minimum absolute atomic E-state index is 0.245. The van der Waals surface area contributed by atoms with Crippen LogP contribution >= 0.6 is 23.4 Å². The molecule has 1 aliphatic heterocycles. The number of thioether (sulfide) groups is 1. The quantitative estimate of drug-likeness (QED) is 0.282. The number of aromatic nitrogens is 1. The molecular formula is C27H20ClFN2O2S. The van der Waals surface area contributed by atoms with Gasteiger partial charge in [-0.25, -0.2) is 4.39 Å². The number of para-hydroxylation sites is 1. The van der Waals surface area contributed by atoms with Crippen LogP contribution in [0.4, 0.5) is 9.18 Å². The van der Waals surface area contributed by atoms with Crippen molar-refractivity contribution in [2.24, 2.45) is 0 Å². The van der Waals surface area contributed by atoms with Gasteiger partial charge in [-0.15, -0.1) is 0 Å². The van der Waals surface area contributed by atoms with Crippen LogP contribution in [0.15, 0.2) is 77.8 Å². The highest BCUT2D eigenvalue weighted by molar-refractivity contribution is 8.18. The lowest BCUT2D eigenvalue weighted by Crippen LogP contribution is -2.27. The number of nitrogens with zero attached hydrogens (tertiary/aromatic N) is 2. The first-order valence-electron chi connectivity index (χ1n) is 10.7. The summed E-state index contributed by atoms with van der Waals surface area (Å²) in [5.41, 5.74) is 4.56. The SMILES string of the molecule is Cc1cccc(CN2C(=O)S/C(=C\c3cn(Cc4ccc(F)cc4Cl)c4ccccc34)C2=O)c1. The number of benzene rings is 3. The van der Waals surface area contributed by atoms with Gasteiger partial charge in [0.05, 0.1) is 11.4 Å². The zero-order valence-corrected chi connectivity index (χ0v) is 19.9. The molecule has 0 radical (unpaired) electrons. The van der Waals surface area contributed by atoms with Gasteiger partial charge < -0.3 is 4.57 Å². The summed E-state index contributed by atoms with van der Waals surface area (Å²) in [6, 6.07) is 20.0. The van der Waals surface area contributed by atoms with E-state index in [1.54, 1.807) is 12.1 Å². The molecule has 34 heavy (non-hydrogen) atoms. The maximum absolute atomic E-state index is 13.5. The molecule has 1 aromatic heterocycles. The van der Waals surface area contributed by atoms with E-state index in [0.717, 1.165) is 44.9 Å². The first kappa shape index (κ1) is 22.4. The average Bonchev–Trinajstić information content (AvgIpc) is 3.28. The van der Waals surface area contributed by atoms with Crippen LogP contribution in [0.1, 0.15) is 22.3 Å². The van der Waals surface area contributed by atoms with Gasteiger partial charge in [-0.05, 0) is 54.1 Å². The molecule has 4 aromatic rings. The Labute approximate surface area is 205 Å². The minimum atomic E-state index is -0.381. The standard InChI is InChI=1S/C27H20ClFN2O2S/c1-17-5-4-6-18(11-17)14-31-26(32)25(34-27(31)33)12-20-16-30(24-8-3-2-7-22(20)24)15-19-9-10-21(29)13-23(19)28/h2-13,16H,14-15H2,1H3/b25-12-. The molecule has 5 rings (SSSR count). The molecule has 3 aromatic carbocycles. The van der Waals surface area contributed by atoms with Gasteiger partial charge in [0.1, 0.15) is 5.82 Å². The third kappa shape index (κ3) is 4.39. The monoisotopic (exact) mass is 490 g/mol. The topological polar surface area (TPSA) is 42.3 Å². The Balaban J connectivity index is 1.47. The van der Waals surface area contributed by atoms with E-state index in [1.165, 1.54) is 17.0 Å². The summed E-state index contributed by atoms with van der Waals surface area (Å²) in [6.45, 7) is 2.67. The first-order chi connectivity index (χ1) is 16.4. The van der Waals surface area contributed by atoms with E-state index in [2.05, 4.69) is 0 Å². The summed E-state index contributed by atoms with van der Waals surface area (Å²) in [5, 5.41) is 1.03. The maximum atomic E-state index is 13.5. The third-order valence-corrected chi connectivity index (χ3v) is 7.02. The molecule has 0 unspecified atom stereocenters. The van der Waals surface area contributed by atoms with Gasteiger partial charge in [-0.3, -0.25) is 14.5 Å². The summed E-state index contributed by atoms with van der Waals surface area (Å²) in [6.07, 6.45) is 3.70. The van der Waals surface area contributed by atoms with E-state index in [0.29, 0.717) is 16.5 Å². The normalized spacial score (nSPS) is 15.1. The van der Waals surface area contributed by atoms with Crippen molar-refractivity contribution in [3.05, 3.63) is 111 Å². The molecule has 0 spiro atoms. The van der Waals surface area contributed by atoms with Crippen molar-refractivity contribution in [3.63, 3.8) is 0 Å². The molecule has 0 aliphatic carbocycles. The molecule has 1 fully saturated rings. The lowest BCUT2D eigenvalue weighted by Gasteiger charge is -2.12. The van der Waals surface area contributed by atoms with Gasteiger partial charge in [0.15, 0.2) is 0 Å². The molecule has 0 atom stereocenters. The van der Waals surface area contributed by atoms with Crippen LogP contribution in [0, 0.1) is 12.7 Å². The molecule has 0 bridgehead atoms. The van der Waals surface area contributed by atoms with Crippen molar-refractivity contribution in [1.29, 1.82) is 0 Å². The highest BCUT2D eigenvalue weighted by Crippen LogP contribution is 2.35. The van der Waals surface area contributed by atoms with Gasteiger partial charge >= 0.3 is 0 Å². The highest BCUT2D eigenvalue weighted by atomic mass is 35.5. The number of amides is 2. The van der Waals surface area contributed by atoms with E-state index in [9.17, 15) is 14.0 Å². The zero-order valence-electron chi connectivity index (χ0n) is 18.3. The Bertz CT molecular complexity index is 1480.